The Morgan fingerprint density at radius 1 is 1.12 bits per heavy atom. The number of hydrogen-bond acceptors (Lipinski definition) is 6. The van der Waals surface area contributed by atoms with Crippen LogP contribution in [0.4, 0.5) is 11.5 Å². The molecule has 0 atom stereocenters. The fourth-order valence-corrected chi connectivity index (χ4v) is 1.91. The first-order chi connectivity index (χ1) is 11.5. The van der Waals surface area contributed by atoms with Gasteiger partial charge >= 0.3 is 0 Å². The number of nitrogens with one attached hydrogen (secondary N) is 1. The number of nitrogen functional groups attached to an aromatic ring is 1. The molecule has 0 aliphatic carbocycles. The summed E-state index contributed by atoms with van der Waals surface area (Å²) in [7, 11) is 0. The average Bonchev–Trinajstić information content (AvgIpc) is 2.47. The minimum atomic E-state index is -0.361. The molecule has 0 unspecified atom stereocenters. The number of pyridine rings is 1. The Labute approximate surface area is 175 Å². The molecule has 2 aromatic rings. The van der Waals surface area contributed by atoms with Gasteiger partial charge in [0.15, 0.2) is 5.15 Å². The van der Waals surface area contributed by atoms with E-state index in [0.29, 0.717) is 30.9 Å². The Morgan fingerprint density at radius 2 is 1.64 bits per heavy atom. The molecule has 0 aliphatic heterocycles. The second-order valence-corrected chi connectivity index (χ2v) is 6.88. The summed E-state index contributed by atoms with van der Waals surface area (Å²) in [5.74, 6) is 0.220. The number of carbonyl (C=O) groups excluding carboxylic acids is 2. The van der Waals surface area contributed by atoms with Crippen LogP contribution in [0.2, 0.25) is 10.3 Å². The molecule has 0 bridgehead atoms. The average molecular weight is 536 g/mol. The summed E-state index contributed by atoms with van der Waals surface area (Å²) < 4.78 is 1.14. The molecule has 12 heteroatoms. The molecule has 3 N–H and O–H groups in total. The van der Waals surface area contributed by atoms with Crippen molar-refractivity contribution in [1.82, 2.24) is 15.0 Å². The van der Waals surface area contributed by atoms with Gasteiger partial charge in [0, 0.05) is 13.8 Å². The maximum absolute atomic E-state index is 10.6. The molecule has 0 spiro atoms. The summed E-state index contributed by atoms with van der Waals surface area (Å²) in [6, 6.07) is 1.69. The first kappa shape index (κ1) is 24.0. The van der Waals surface area contributed by atoms with Crippen LogP contribution in [-0.2, 0) is 9.59 Å². The van der Waals surface area contributed by atoms with E-state index in [4.69, 9.17) is 28.9 Å². The van der Waals surface area contributed by atoms with Crippen LogP contribution in [0.25, 0.3) is 0 Å². The van der Waals surface area contributed by atoms with Crippen molar-refractivity contribution in [3.8, 4) is 0 Å². The number of aromatic nitrogens is 3. The molecule has 7 nitrogen and oxygen atoms in total. The molecule has 2 rings (SSSR count). The number of nitrogens with zero attached hydrogens (tertiary/aromatic N) is 3. The zero-order chi connectivity index (χ0) is 19.6. The Balaban J connectivity index is 0.000000391. The molecular formula is C13H12Br2Cl3N5O2. The quantitative estimate of drug-likeness (QED) is 0.404. The number of amides is 1. The predicted molar refractivity (Wildman–Crippen MR) is 107 cm³/mol. The molecule has 2 heterocycles. The molecule has 2 aromatic heterocycles. The van der Waals surface area contributed by atoms with Crippen molar-refractivity contribution in [1.29, 1.82) is 0 Å². The molecule has 0 aromatic carbocycles. The SMILES string of the molecule is CC(=O)Cl.CC(=O)Nc1cnc(Cl)c(Br)c1.Nc1cnc(Cl)c(Br)n1. The molecule has 0 saturated heterocycles. The van der Waals surface area contributed by atoms with Gasteiger partial charge in [0.05, 0.1) is 22.6 Å². The van der Waals surface area contributed by atoms with Crippen molar-refractivity contribution in [2.45, 2.75) is 13.8 Å². The lowest BCUT2D eigenvalue weighted by Gasteiger charge is -2.01. The first-order valence-electron chi connectivity index (χ1n) is 6.21. The van der Waals surface area contributed by atoms with Gasteiger partial charge in [-0.05, 0) is 49.5 Å². The van der Waals surface area contributed by atoms with Crippen LogP contribution in [0.1, 0.15) is 13.8 Å². The number of halogens is 5. The van der Waals surface area contributed by atoms with Crippen LogP contribution in [0, 0.1) is 0 Å². The topological polar surface area (TPSA) is 111 Å². The Kier molecular flexibility index (Phi) is 11.9. The van der Waals surface area contributed by atoms with Gasteiger partial charge < -0.3 is 11.1 Å². The third-order valence-electron chi connectivity index (χ3n) is 1.82. The van der Waals surface area contributed by atoms with Crippen LogP contribution >= 0.6 is 66.7 Å². The molecule has 0 saturated carbocycles. The number of rotatable bonds is 1. The highest BCUT2D eigenvalue weighted by Gasteiger charge is 2.00. The largest absolute Gasteiger partial charge is 0.382 e. The third-order valence-corrected chi connectivity index (χ3v) is 4.02. The van der Waals surface area contributed by atoms with Gasteiger partial charge in [0.25, 0.3) is 0 Å². The molecule has 0 radical (unpaired) electrons. The summed E-state index contributed by atoms with van der Waals surface area (Å²) in [6.45, 7) is 2.73. The van der Waals surface area contributed by atoms with E-state index in [1.165, 1.54) is 26.2 Å². The Hall–Kier alpha value is -1.000. The highest BCUT2D eigenvalue weighted by atomic mass is 79.9. The summed E-state index contributed by atoms with van der Waals surface area (Å²) >= 11 is 22.0. The van der Waals surface area contributed by atoms with E-state index in [9.17, 15) is 9.59 Å². The van der Waals surface area contributed by atoms with Gasteiger partial charge in [-0.2, -0.15) is 0 Å². The molecular weight excluding hydrogens is 524 g/mol. The van der Waals surface area contributed by atoms with Crippen molar-refractivity contribution in [3.05, 3.63) is 37.8 Å². The maximum atomic E-state index is 10.6. The lowest BCUT2D eigenvalue weighted by molar-refractivity contribution is -0.114. The fraction of sp³-hybridized carbons (Fsp3) is 0.154. The molecule has 0 aliphatic rings. The van der Waals surface area contributed by atoms with E-state index in [1.807, 2.05) is 0 Å². The van der Waals surface area contributed by atoms with Gasteiger partial charge in [0.1, 0.15) is 15.6 Å². The van der Waals surface area contributed by atoms with Crippen molar-refractivity contribution < 1.29 is 9.59 Å². The van der Waals surface area contributed by atoms with Crippen molar-refractivity contribution in [2.24, 2.45) is 0 Å². The molecule has 136 valence electrons. The smallest absolute Gasteiger partial charge is 0.221 e. The Bertz CT molecular complexity index is 746. The third kappa shape index (κ3) is 12.1. The van der Waals surface area contributed by atoms with Gasteiger partial charge in [-0.25, -0.2) is 15.0 Å². The first-order valence-corrected chi connectivity index (χ1v) is 8.93. The Morgan fingerprint density at radius 3 is 2.04 bits per heavy atom. The second-order valence-electron chi connectivity index (χ2n) is 4.02. The van der Waals surface area contributed by atoms with Gasteiger partial charge in [-0.3, -0.25) is 9.59 Å². The standard InChI is InChI=1S/C7H6BrClN2O.C4H3BrClN3.C2H3ClO/c1-4(12)11-5-2-6(8)7(9)10-3-5;5-3-4(6)8-1-2(7)9-3;1-2(3)4/h2-3H,1H3,(H,11,12);1H,(H2,7,9);1H3. The zero-order valence-corrected chi connectivity index (χ0v) is 18.3. The van der Waals surface area contributed by atoms with Crippen LogP contribution in [0.5, 0.6) is 0 Å². The van der Waals surface area contributed by atoms with Crippen LogP contribution in [0.3, 0.4) is 0 Å². The number of carbonyl (C=O) groups is 2. The summed E-state index contributed by atoms with van der Waals surface area (Å²) in [6.07, 6.45) is 2.89. The van der Waals surface area contributed by atoms with Crippen molar-refractivity contribution in [3.63, 3.8) is 0 Å². The van der Waals surface area contributed by atoms with Crippen molar-refractivity contribution >= 4 is 89.3 Å². The highest BCUT2D eigenvalue weighted by Crippen LogP contribution is 2.22. The van der Waals surface area contributed by atoms with Crippen LogP contribution < -0.4 is 11.1 Å². The fourth-order valence-electron chi connectivity index (χ4n) is 1.06. The molecule has 0 fully saturated rings. The van der Waals surface area contributed by atoms with E-state index in [0.717, 1.165) is 0 Å². The normalized spacial score (nSPS) is 9.08. The minimum absolute atomic E-state index is 0.133. The second kappa shape index (κ2) is 12.4. The summed E-state index contributed by atoms with van der Waals surface area (Å²) in [5, 5.41) is 2.92. The molecule has 1 amide bonds. The van der Waals surface area contributed by atoms with Crippen LogP contribution in [-0.4, -0.2) is 26.1 Å². The maximum Gasteiger partial charge on any atom is 0.221 e. The van der Waals surface area contributed by atoms with E-state index in [-0.39, 0.29) is 11.1 Å². The highest BCUT2D eigenvalue weighted by molar-refractivity contribution is 9.10. The van der Waals surface area contributed by atoms with E-state index >= 15 is 0 Å². The van der Waals surface area contributed by atoms with E-state index < -0.39 is 0 Å². The minimum Gasteiger partial charge on any atom is -0.382 e. The van der Waals surface area contributed by atoms with Gasteiger partial charge in [-0.1, -0.05) is 23.2 Å². The summed E-state index contributed by atoms with van der Waals surface area (Å²) in [4.78, 5) is 31.2. The number of hydrogen-bond donors (Lipinski definition) is 2. The predicted octanol–water partition coefficient (Wildman–Crippen LogP) is 4.70. The van der Waals surface area contributed by atoms with E-state index in [1.54, 1.807) is 6.07 Å². The van der Waals surface area contributed by atoms with Gasteiger partial charge in [-0.15, -0.1) is 0 Å². The van der Waals surface area contributed by atoms with Crippen LogP contribution in [0.15, 0.2) is 27.5 Å². The lowest BCUT2D eigenvalue weighted by atomic mass is 10.4. The summed E-state index contributed by atoms with van der Waals surface area (Å²) in [5.41, 5.74) is 5.89. The monoisotopic (exact) mass is 533 g/mol. The number of nitrogens with two attached hydrogens (primary N) is 1. The van der Waals surface area contributed by atoms with Gasteiger partial charge in [0.2, 0.25) is 11.1 Å². The van der Waals surface area contributed by atoms with E-state index in [2.05, 4.69) is 63.7 Å². The van der Waals surface area contributed by atoms with Crippen molar-refractivity contribution in [2.75, 3.05) is 11.1 Å². The molecule has 25 heavy (non-hydrogen) atoms. The zero-order valence-electron chi connectivity index (χ0n) is 12.9. The lowest BCUT2D eigenvalue weighted by Crippen LogP contribution is -2.05. The number of anilines is 2.